The fourth-order valence-electron chi connectivity index (χ4n) is 3.72. The number of hydrogen-bond donors (Lipinski definition) is 8. The molecule has 0 radical (unpaired) electrons. The van der Waals surface area contributed by atoms with Crippen molar-refractivity contribution in [3.8, 4) is 34.3 Å². The lowest BCUT2D eigenvalue weighted by Gasteiger charge is -2.39. The molecule has 182 valence electrons. The number of aliphatic hydroxyl groups excluding tert-OH is 4. The van der Waals surface area contributed by atoms with E-state index in [1.807, 2.05) is 0 Å². The Morgan fingerprint density at radius 3 is 2.29 bits per heavy atom. The second-order valence-electron chi connectivity index (χ2n) is 7.79. The third kappa shape index (κ3) is 4.14. The molecule has 5 unspecified atom stereocenters. The number of phenolic OH excluding ortho intramolecular Hbond substituents is 4. The van der Waals surface area contributed by atoms with Gasteiger partial charge in [0.05, 0.1) is 18.8 Å². The highest BCUT2D eigenvalue weighted by molar-refractivity contribution is 5.87. The van der Waals surface area contributed by atoms with Crippen LogP contribution in [-0.4, -0.2) is 78.2 Å². The van der Waals surface area contributed by atoms with Crippen LogP contribution in [0.25, 0.3) is 22.3 Å². The summed E-state index contributed by atoms with van der Waals surface area (Å²) >= 11 is 0. The summed E-state index contributed by atoms with van der Waals surface area (Å²) in [6.45, 7) is -1.28. The summed E-state index contributed by atoms with van der Waals surface area (Å²) in [4.78, 5) is 13.3. The topological polar surface area (TPSA) is 211 Å². The van der Waals surface area contributed by atoms with Crippen LogP contribution < -0.4 is 5.43 Å². The second kappa shape index (κ2) is 9.10. The molecule has 0 saturated carbocycles. The quantitative estimate of drug-likeness (QED) is 0.220. The van der Waals surface area contributed by atoms with Crippen molar-refractivity contribution < 1.29 is 54.7 Å². The highest BCUT2D eigenvalue weighted by atomic mass is 16.7. The molecule has 1 aliphatic rings. The van der Waals surface area contributed by atoms with E-state index < -0.39 is 66.6 Å². The number of aliphatic hydroxyl groups is 4. The lowest BCUT2D eigenvalue weighted by molar-refractivity contribution is -0.304. The minimum absolute atomic E-state index is 0.129. The van der Waals surface area contributed by atoms with Crippen LogP contribution in [-0.2, 0) is 16.1 Å². The minimum Gasteiger partial charge on any atom is -0.508 e. The Morgan fingerprint density at radius 1 is 0.882 bits per heavy atom. The first-order chi connectivity index (χ1) is 16.1. The van der Waals surface area contributed by atoms with Crippen LogP contribution in [0, 0.1) is 0 Å². The van der Waals surface area contributed by atoms with E-state index in [4.69, 9.17) is 13.9 Å². The van der Waals surface area contributed by atoms with Crippen molar-refractivity contribution in [1.82, 2.24) is 0 Å². The molecule has 8 N–H and O–H groups in total. The van der Waals surface area contributed by atoms with Crippen molar-refractivity contribution in [3.05, 3.63) is 46.1 Å². The summed E-state index contributed by atoms with van der Waals surface area (Å²) in [6.07, 6.45) is -7.83. The molecule has 0 spiro atoms. The number of benzene rings is 2. The summed E-state index contributed by atoms with van der Waals surface area (Å²) in [5.41, 5.74) is -1.02. The summed E-state index contributed by atoms with van der Waals surface area (Å²) in [6, 6.07) is 5.63. The molecule has 12 nitrogen and oxygen atoms in total. The highest BCUT2D eigenvalue weighted by Gasteiger charge is 2.44. The zero-order valence-corrected chi connectivity index (χ0v) is 17.4. The molecule has 3 aromatic rings. The molecule has 34 heavy (non-hydrogen) atoms. The van der Waals surface area contributed by atoms with Crippen LogP contribution in [0.3, 0.4) is 0 Å². The highest BCUT2D eigenvalue weighted by Crippen LogP contribution is 2.36. The third-order valence-electron chi connectivity index (χ3n) is 5.53. The third-order valence-corrected chi connectivity index (χ3v) is 5.53. The van der Waals surface area contributed by atoms with Gasteiger partial charge in [-0.25, -0.2) is 0 Å². The lowest BCUT2D eigenvalue weighted by atomic mass is 9.99. The number of fused-ring (bicyclic) bond motifs is 1. The van der Waals surface area contributed by atoms with E-state index in [9.17, 15) is 45.6 Å². The van der Waals surface area contributed by atoms with Gasteiger partial charge in [0.25, 0.3) is 0 Å². The zero-order chi connectivity index (χ0) is 24.7. The van der Waals surface area contributed by atoms with Crippen LogP contribution in [0.2, 0.25) is 0 Å². The first-order valence-corrected chi connectivity index (χ1v) is 10.1. The average molecular weight is 478 g/mol. The molecule has 1 saturated heterocycles. The van der Waals surface area contributed by atoms with Crippen molar-refractivity contribution in [2.75, 3.05) is 6.61 Å². The van der Waals surface area contributed by atoms with Crippen LogP contribution in [0.4, 0.5) is 0 Å². The van der Waals surface area contributed by atoms with Gasteiger partial charge in [0.15, 0.2) is 17.8 Å². The number of phenols is 4. The molecule has 0 amide bonds. The maximum absolute atomic E-state index is 13.3. The Labute approximate surface area is 190 Å². The molecule has 2 heterocycles. The summed E-state index contributed by atoms with van der Waals surface area (Å²) < 4.78 is 16.5. The molecular formula is C22H22O12. The van der Waals surface area contributed by atoms with E-state index in [0.717, 1.165) is 24.3 Å². The largest absolute Gasteiger partial charge is 0.508 e. The molecule has 1 fully saturated rings. The number of ether oxygens (including phenoxy) is 2. The predicted octanol–water partition coefficient (Wildman–Crippen LogP) is -0.401. The fraction of sp³-hybridized carbons (Fsp3) is 0.318. The van der Waals surface area contributed by atoms with E-state index in [1.54, 1.807) is 0 Å². The monoisotopic (exact) mass is 478 g/mol. The van der Waals surface area contributed by atoms with Crippen LogP contribution in [0.5, 0.6) is 23.0 Å². The Hall–Kier alpha value is -3.39. The Morgan fingerprint density at radius 2 is 1.62 bits per heavy atom. The molecule has 0 bridgehead atoms. The van der Waals surface area contributed by atoms with E-state index in [-0.39, 0.29) is 33.6 Å². The van der Waals surface area contributed by atoms with Gasteiger partial charge in [0, 0.05) is 17.7 Å². The van der Waals surface area contributed by atoms with Gasteiger partial charge >= 0.3 is 0 Å². The minimum atomic E-state index is -1.73. The van der Waals surface area contributed by atoms with E-state index in [1.165, 1.54) is 6.07 Å². The molecule has 1 aromatic heterocycles. The Balaban J connectivity index is 1.79. The normalized spacial score (nSPS) is 25.0. The van der Waals surface area contributed by atoms with Gasteiger partial charge in [0.2, 0.25) is 5.43 Å². The number of rotatable bonds is 5. The van der Waals surface area contributed by atoms with Gasteiger partial charge in [-0.15, -0.1) is 0 Å². The molecular weight excluding hydrogens is 456 g/mol. The van der Waals surface area contributed by atoms with E-state index in [2.05, 4.69) is 0 Å². The molecule has 5 atom stereocenters. The average Bonchev–Trinajstić information content (AvgIpc) is 2.79. The summed E-state index contributed by atoms with van der Waals surface area (Å²) in [7, 11) is 0. The van der Waals surface area contributed by atoms with Crippen molar-refractivity contribution >= 4 is 11.0 Å². The molecule has 0 aliphatic carbocycles. The van der Waals surface area contributed by atoms with Gasteiger partial charge in [-0.3, -0.25) is 4.79 Å². The summed E-state index contributed by atoms with van der Waals surface area (Å²) in [5.74, 6) is -2.04. The Bertz CT molecular complexity index is 1270. The summed E-state index contributed by atoms with van der Waals surface area (Å²) in [5, 5.41) is 78.6. The SMILES string of the molecule is O=c1c(COC2OC(CO)C(O)C(O)C2O)c(-c2ccc(O)c(O)c2)oc2cc(O)cc(O)c12. The van der Waals surface area contributed by atoms with Crippen LogP contribution >= 0.6 is 0 Å². The van der Waals surface area contributed by atoms with Gasteiger partial charge in [0.1, 0.15) is 52.6 Å². The van der Waals surface area contributed by atoms with E-state index >= 15 is 0 Å². The number of aromatic hydroxyl groups is 4. The standard InChI is InChI=1S/C22H22O12/c23-6-15-18(29)19(30)20(31)22(34-15)32-7-10-17(28)16-13(27)4-9(24)5-14(16)33-21(10)8-1-2-11(25)12(26)3-8/h1-5,15,18-20,22-27,29-31H,6-7H2. The van der Waals surface area contributed by atoms with Crippen LogP contribution in [0.1, 0.15) is 5.56 Å². The van der Waals surface area contributed by atoms with Crippen molar-refractivity contribution in [2.45, 2.75) is 37.3 Å². The second-order valence-corrected chi connectivity index (χ2v) is 7.79. The fourth-order valence-corrected chi connectivity index (χ4v) is 3.72. The first kappa shape index (κ1) is 23.8. The first-order valence-electron chi connectivity index (χ1n) is 10.1. The predicted molar refractivity (Wildman–Crippen MR) is 113 cm³/mol. The molecule has 12 heteroatoms. The zero-order valence-electron chi connectivity index (χ0n) is 17.4. The van der Waals surface area contributed by atoms with Gasteiger partial charge in [-0.1, -0.05) is 0 Å². The van der Waals surface area contributed by atoms with Gasteiger partial charge in [-0.2, -0.15) is 0 Å². The smallest absolute Gasteiger partial charge is 0.202 e. The van der Waals surface area contributed by atoms with Gasteiger partial charge < -0.3 is 54.7 Å². The van der Waals surface area contributed by atoms with Crippen molar-refractivity contribution in [1.29, 1.82) is 0 Å². The Kier molecular flexibility index (Phi) is 6.36. The van der Waals surface area contributed by atoms with Crippen molar-refractivity contribution in [2.24, 2.45) is 0 Å². The van der Waals surface area contributed by atoms with Crippen molar-refractivity contribution in [3.63, 3.8) is 0 Å². The molecule has 1 aliphatic heterocycles. The maximum Gasteiger partial charge on any atom is 0.202 e. The molecule has 4 rings (SSSR count). The maximum atomic E-state index is 13.3. The van der Waals surface area contributed by atoms with Gasteiger partial charge in [-0.05, 0) is 18.2 Å². The number of hydrogen-bond acceptors (Lipinski definition) is 12. The van der Waals surface area contributed by atoms with Crippen LogP contribution in [0.15, 0.2) is 39.5 Å². The van der Waals surface area contributed by atoms with E-state index in [0.29, 0.717) is 0 Å². The lowest BCUT2D eigenvalue weighted by Crippen LogP contribution is -2.59. The molecule has 2 aromatic carbocycles.